The Balaban J connectivity index is 2.45. The van der Waals surface area contributed by atoms with Crippen molar-refractivity contribution in [3.8, 4) is 12.3 Å². The molecule has 1 rings (SSSR count). The maximum atomic E-state index is 11.1. The van der Waals surface area contributed by atoms with Gasteiger partial charge in [-0.05, 0) is 18.4 Å². The number of carbonyl (C=O) groups is 1. The molecule has 0 aromatic heterocycles. The lowest BCUT2D eigenvalue weighted by Gasteiger charge is -2.17. The first-order valence-corrected chi connectivity index (χ1v) is 5.06. The monoisotopic (exact) mass is 217 g/mol. The summed E-state index contributed by atoms with van der Waals surface area (Å²) in [6.45, 7) is 2.16. The summed E-state index contributed by atoms with van der Waals surface area (Å²) in [6.07, 6.45) is 4.60. The molecular weight excluding hydrogens is 202 g/mol. The molecule has 0 saturated carbocycles. The summed E-state index contributed by atoms with van der Waals surface area (Å²) in [5.41, 5.74) is 6.66. The molecule has 0 radical (unpaired) electrons. The molecule has 16 heavy (non-hydrogen) atoms. The molecule has 0 aliphatic heterocycles. The molecule has 1 aromatic rings. The zero-order valence-electron chi connectivity index (χ0n) is 9.22. The molecule has 0 spiro atoms. The zero-order valence-corrected chi connectivity index (χ0v) is 9.22. The summed E-state index contributed by atoms with van der Waals surface area (Å²) in [4.78, 5) is 11.1. The van der Waals surface area contributed by atoms with Crippen LogP contribution in [0, 0.1) is 12.3 Å². The molecule has 0 amide bonds. The predicted molar refractivity (Wildman–Crippen MR) is 62.5 cm³/mol. The summed E-state index contributed by atoms with van der Waals surface area (Å²) in [5, 5.41) is 0. The van der Waals surface area contributed by atoms with Crippen molar-refractivity contribution in [2.24, 2.45) is 5.73 Å². The second-order valence-electron chi connectivity index (χ2n) is 3.54. The van der Waals surface area contributed by atoms with Gasteiger partial charge >= 0.3 is 0 Å². The molecule has 2 atom stereocenters. The number of benzene rings is 1. The highest BCUT2D eigenvalue weighted by molar-refractivity contribution is 5.99. The van der Waals surface area contributed by atoms with Gasteiger partial charge in [0.15, 0.2) is 0 Å². The second kappa shape index (κ2) is 6.06. The van der Waals surface area contributed by atoms with E-state index in [1.165, 1.54) is 0 Å². The maximum Gasteiger partial charge on any atom is 0.224 e. The first-order valence-electron chi connectivity index (χ1n) is 5.06. The van der Waals surface area contributed by atoms with E-state index in [2.05, 4.69) is 0 Å². The van der Waals surface area contributed by atoms with Crippen LogP contribution in [-0.4, -0.2) is 17.9 Å². The highest BCUT2D eigenvalue weighted by Gasteiger charge is 2.19. The maximum absolute atomic E-state index is 11.1. The summed E-state index contributed by atoms with van der Waals surface area (Å²) in [5.74, 6) is 1.57. The van der Waals surface area contributed by atoms with Crippen LogP contribution >= 0.6 is 0 Å². The number of nitrogens with two attached hydrogens (primary N) is 1. The minimum atomic E-state index is -0.756. The van der Waals surface area contributed by atoms with E-state index < -0.39 is 11.8 Å². The van der Waals surface area contributed by atoms with E-state index in [1.54, 1.807) is 6.92 Å². The van der Waals surface area contributed by atoms with Gasteiger partial charge in [0, 0.05) is 0 Å². The van der Waals surface area contributed by atoms with Crippen LogP contribution in [0.1, 0.15) is 12.5 Å². The summed E-state index contributed by atoms with van der Waals surface area (Å²) < 4.78 is 5.47. The van der Waals surface area contributed by atoms with Gasteiger partial charge in [-0.15, -0.1) is 6.42 Å². The summed E-state index contributed by atoms with van der Waals surface area (Å²) in [6, 6.07) is 8.92. The first kappa shape index (κ1) is 12.4. The third-order valence-corrected chi connectivity index (χ3v) is 2.31. The third kappa shape index (κ3) is 3.50. The van der Waals surface area contributed by atoms with Crippen molar-refractivity contribution in [3.05, 3.63) is 35.9 Å². The predicted octanol–water partition coefficient (Wildman–Crippen LogP) is 1.12. The zero-order chi connectivity index (χ0) is 12.0. The lowest BCUT2D eigenvalue weighted by Crippen LogP contribution is -2.41. The van der Waals surface area contributed by atoms with Crippen LogP contribution in [0.3, 0.4) is 0 Å². The van der Waals surface area contributed by atoms with E-state index >= 15 is 0 Å². The highest BCUT2D eigenvalue weighted by atomic mass is 16.5. The molecular formula is C13H15NO2. The lowest BCUT2D eigenvalue weighted by molar-refractivity contribution is -0.118. The topological polar surface area (TPSA) is 52.3 Å². The molecule has 84 valence electrons. The number of carbonyl (C=O) groups excluding carboxylic acids is 1. The van der Waals surface area contributed by atoms with E-state index in [0.717, 1.165) is 5.56 Å². The number of rotatable bonds is 5. The van der Waals surface area contributed by atoms with Gasteiger partial charge in [-0.3, -0.25) is 4.79 Å². The van der Waals surface area contributed by atoms with E-state index in [-0.39, 0.29) is 6.10 Å². The van der Waals surface area contributed by atoms with Gasteiger partial charge in [0.2, 0.25) is 5.78 Å². The van der Waals surface area contributed by atoms with Crippen molar-refractivity contribution < 1.29 is 9.53 Å². The summed E-state index contributed by atoms with van der Waals surface area (Å²) in [7, 11) is 0. The first-order chi connectivity index (χ1) is 7.65. The van der Waals surface area contributed by atoms with Gasteiger partial charge in [-0.25, -0.2) is 0 Å². The molecule has 0 aliphatic carbocycles. The van der Waals surface area contributed by atoms with Crippen LogP contribution in [0.4, 0.5) is 0 Å². The Bertz CT molecular complexity index is 381. The second-order valence-corrected chi connectivity index (χ2v) is 3.54. The number of ketones is 1. The summed E-state index contributed by atoms with van der Waals surface area (Å²) >= 11 is 0. The van der Waals surface area contributed by atoms with Crippen molar-refractivity contribution in [1.82, 2.24) is 0 Å². The Morgan fingerprint density at radius 2 is 2.12 bits per heavy atom. The van der Waals surface area contributed by atoms with Gasteiger partial charge in [0.05, 0.1) is 12.7 Å². The van der Waals surface area contributed by atoms with Crippen LogP contribution in [0.15, 0.2) is 30.3 Å². The molecule has 2 N–H and O–H groups in total. The quantitative estimate of drug-likeness (QED) is 0.594. The lowest BCUT2D eigenvalue weighted by atomic mass is 10.1. The molecule has 0 heterocycles. The van der Waals surface area contributed by atoms with Crippen molar-refractivity contribution in [3.63, 3.8) is 0 Å². The molecule has 2 unspecified atom stereocenters. The molecule has 1 aromatic carbocycles. The highest BCUT2D eigenvalue weighted by Crippen LogP contribution is 2.05. The fourth-order valence-corrected chi connectivity index (χ4v) is 1.21. The van der Waals surface area contributed by atoms with Gasteiger partial charge in [0.25, 0.3) is 0 Å². The van der Waals surface area contributed by atoms with Crippen LogP contribution in [0.2, 0.25) is 0 Å². The van der Waals surface area contributed by atoms with Crippen molar-refractivity contribution in [2.75, 3.05) is 0 Å². The Hall–Kier alpha value is -1.63. The Morgan fingerprint density at radius 1 is 1.50 bits per heavy atom. The SMILES string of the molecule is C#CC(=O)C(N)C(C)OCc1ccccc1. The van der Waals surface area contributed by atoms with Crippen molar-refractivity contribution in [1.29, 1.82) is 0 Å². The van der Waals surface area contributed by atoms with E-state index in [0.29, 0.717) is 6.61 Å². The van der Waals surface area contributed by atoms with Gasteiger partial charge in [-0.1, -0.05) is 30.3 Å². The minimum absolute atomic E-state index is 0.385. The average Bonchev–Trinajstić information content (AvgIpc) is 2.35. The molecule has 3 heteroatoms. The minimum Gasteiger partial charge on any atom is -0.372 e. The fourth-order valence-electron chi connectivity index (χ4n) is 1.21. The van der Waals surface area contributed by atoms with Crippen molar-refractivity contribution in [2.45, 2.75) is 25.7 Å². The Labute approximate surface area is 95.6 Å². The van der Waals surface area contributed by atoms with E-state index in [1.807, 2.05) is 36.3 Å². The van der Waals surface area contributed by atoms with E-state index in [4.69, 9.17) is 16.9 Å². The Morgan fingerprint density at radius 3 is 2.69 bits per heavy atom. The van der Waals surface area contributed by atoms with Gasteiger partial charge < -0.3 is 10.5 Å². The van der Waals surface area contributed by atoms with Gasteiger partial charge in [0.1, 0.15) is 6.04 Å². The van der Waals surface area contributed by atoms with E-state index in [9.17, 15) is 4.79 Å². The van der Waals surface area contributed by atoms with Crippen LogP contribution in [0.25, 0.3) is 0 Å². The number of terminal acetylenes is 1. The third-order valence-electron chi connectivity index (χ3n) is 2.31. The molecule has 3 nitrogen and oxygen atoms in total. The Kier molecular flexibility index (Phi) is 4.71. The number of hydrogen-bond acceptors (Lipinski definition) is 3. The fraction of sp³-hybridized carbons (Fsp3) is 0.308. The molecule has 0 fully saturated rings. The number of Topliss-reactive ketones (excluding diaryl/α,β-unsaturated/α-hetero) is 1. The van der Waals surface area contributed by atoms with Crippen LogP contribution < -0.4 is 5.73 Å². The largest absolute Gasteiger partial charge is 0.372 e. The van der Waals surface area contributed by atoms with Crippen molar-refractivity contribution >= 4 is 5.78 Å². The van der Waals surface area contributed by atoms with Crippen LogP contribution in [0.5, 0.6) is 0 Å². The number of ether oxygens (including phenoxy) is 1. The average molecular weight is 217 g/mol. The molecule has 0 saturated heterocycles. The molecule has 0 aliphatic rings. The normalized spacial score (nSPS) is 13.8. The number of hydrogen-bond donors (Lipinski definition) is 1. The smallest absolute Gasteiger partial charge is 0.224 e. The van der Waals surface area contributed by atoms with Gasteiger partial charge in [-0.2, -0.15) is 0 Å². The molecule has 0 bridgehead atoms. The standard InChI is InChI=1S/C13H15NO2/c1-3-12(15)13(14)10(2)16-9-11-7-5-4-6-8-11/h1,4-8,10,13H,9,14H2,2H3. The van der Waals surface area contributed by atoms with Crippen LogP contribution in [-0.2, 0) is 16.1 Å².